The van der Waals surface area contributed by atoms with Crippen molar-refractivity contribution in [1.29, 1.82) is 0 Å². The summed E-state index contributed by atoms with van der Waals surface area (Å²) in [4.78, 5) is 14.4. The van der Waals surface area contributed by atoms with Gasteiger partial charge in [-0.05, 0) is 47.3 Å². The number of amidine groups is 1. The SMILES string of the molecule is CC1=C(CN=[N+]=[N-])C(c2ccc(N=[N+]=[N-])cc2Cl)N=C(c2ccncc2)N1. The van der Waals surface area contributed by atoms with Gasteiger partial charge in [-0.25, -0.2) is 0 Å². The highest BCUT2D eigenvalue weighted by Crippen LogP contribution is 2.37. The monoisotopic (exact) mass is 379 g/mol. The minimum Gasteiger partial charge on any atom is -0.344 e. The van der Waals surface area contributed by atoms with Crippen LogP contribution in [0, 0.1) is 0 Å². The van der Waals surface area contributed by atoms with Gasteiger partial charge in [-0.15, -0.1) is 0 Å². The molecule has 2 aromatic rings. The maximum atomic E-state index is 8.72. The smallest absolute Gasteiger partial charge is 0.133 e. The van der Waals surface area contributed by atoms with E-state index in [2.05, 4.69) is 30.4 Å². The Morgan fingerprint density at radius 1 is 1.19 bits per heavy atom. The van der Waals surface area contributed by atoms with E-state index < -0.39 is 6.04 Å². The molecule has 134 valence electrons. The van der Waals surface area contributed by atoms with Crippen LogP contribution in [0.3, 0.4) is 0 Å². The minimum atomic E-state index is -0.437. The summed E-state index contributed by atoms with van der Waals surface area (Å²) in [6.07, 6.45) is 3.37. The lowest BCUT2D eigenvalue weighted by Gasteiger charge is -2.27. The van der Waals surface area contributed by atoms with Gasteiger partial charge in [-0.3, -0.25) is 9.98 Å². The molecule has 0 spiro atoms. The highest BCUT2D eigenvalue weighted by Gasteiger charge is 2.26. The first kappa shape index (κ1) is 18.3. The van der Waals surface area contributed by atoms with Crippen molar-refractivity contribution in [2.45, 2.75) is 13.0 Å². The summed E-state index contributed by atoms with van der Waals surface area (Å²) in [5.41, 5.74) is 21.0. The minimum absolute atomic E-state index is 0.154. The first-order chi connectivity index (χ1) is 13.1. The summed E-state index contributed by atoms with van der Waals surface area (Å²) in [6.45, 7) is 2.05. The molecule has 1 atom stereocenters. The maximum absolute atomic E-state index is 8.72. The Morgan fingerprint density at radius 3 is 2.63 bits per heavy atom. The van der Waals surface area contributed by atoms with Crippen molar-refractivity contribution in [1.82, 2.24) is 10.3 Å². The molecule has 0 bridgehead atoms. The van der Waals surface area contributed by atoms with E-state index in [1.165, 1.54) is 0 Å². The third kappa shape index (κ3) is 4.02. The Labute approximate surface area is 159 Å². The van der Waals surface area contributed by atoms with Gasteiger partial charge in [0.15, 0.2) is 0 Å². The van der Waals surface area contributed by atoms with Crippen LogP contribution >= 0.6 is 11.6 Å². The fourth-order valence-corrected chi connectivity index (χ4v) is 3.06. The standard InChI is InChI=1S/C17H14ClN9/c1-10-14(9-22-26-19)16(13-3-2-12(25-27-20)8-15(13)18)24-17(23-10)11-4-6-21-7-5-11/h2-8,16H,9H2,1H3,(H,23,24). The van der Waals surface area contributed by atoms with E-state index in [1.807, 2.05) is 19.1 Å². The van der Waals surface area contributed by atoms with Crippen LogP contribution in [0.4, 0.5) is 5.69 Å². The third-order valence-corrected chi connectivity index (χ3v) is 4.40. The van der Waals surface area contributed by atoms with E-state index >= 15 is 0 Å². The number of hydrogen-bond donors (Lipinski definition) is 1. The second-order valence-electron chi connectivity index (χ2n) is 5.68. The predicted molar refractivity (Wildman–Crippen MR) is 104 cm³/mol. The zero-order chi connectivity index (χ0) is 19.2. The van der Waals surface area contributed by atoms with Crippen LogP contribution in [0.1, 0.15) is 24.1 Å². The van der Waals surface area contributed by atoms with Crippen LogP contribution in [-0.4, -0.2) is 17.4 Å². The maximum Gasteiger partial charge on any atom is 0.133 e. The van der Waals surface area contributed by atoms with Crippen molar-refractivity contribution in [2.24, 2.45) is 15.2 Å². The Hall–Kier alpha value is -3.51. The van der Waals surface area contributed by atoms with Gasteiger partial charge in [0.1, 0.15) is 11.9 Å². The number of rotatable bonds is 5. The molecule has 0 saturated heterocycles. The van der Waals surface area contributed by atoms with Crippen LogP contribution in [0.15, 0.2) is 69.2 Å². The number of allylic oxidation sites excluding steroid dienone is 1. The summed E-state index contributed by atoms with van der Waals surface area (Å²) in [5, 5.41) is 10.9. The van der Waals surface area contributed by atoms with Crippen LogP contribution in [0.2, 0.25) is 5.02 Å². The molecule has 0 amide bonds. The molecule has 27 heavy (non-hydrogen) atoms. The molecule has 1 aliphatic heterocycles. The van der Waals surface area contributed by atoms with Crippen LogP contribution in [-0.2, 0) is 0 Å². The van der Waals surface area contributed by atoms with E-state index in [1.54, 1.807) is 30.6 Å². The van der Waals surface area contributed by atoms with Crippen molar-refractivity contribution in [3.63, 3.8) is 0 Å². The van der Waals surface area contributed by atoms with Crippen LogP contribution in [0.5, 0.6) is 0 Å². The lowest BCUT2D eigenvalue weighted by atomic mass is 9.95. The van der Waals surface area contributed by atoms with Gasteiger partial charge in [0.05, 0.1) is 6.54 Å². The normalized spacial score (nSPS) is 15.9. The van der Waals surface area contributed by atoms with Crippen LogP contribution < -0.4 is 5.32 Å². The van der Waals surface area contributed by atoms with Gasteiger partial charge >= 0.3 is 0 Å². The molecule has 1 unspecified atom stereocenters. The number of nitrogens with one attached hydrogen (secondary N) is 1. The highest BCUT2D eigenvalue weighted by atomic mass is 35.5. The molecular weight excluding hydrogens is 366 g/mol. The summed E-state index contributed by atoms with van der Waals surface area (Å²) >= 11 is 6.43. The number of aromatic nitrogens is 1. The largest absolute Gasteiger partial charge is 0.344 e. The molecular formula is C17H14ClN9. The van der Waals surface area contributed by atoms with Crippen molar-refractivity contribution in [3.8, 4) is 0 Å². The number of nitrogens with zero attached hydrogens (tertiary/aromatic N) is 8. The molecule has 2 heterocycles. The molecule has 10 heteroatoms. The Bertz CT molecular complexity index is 1020. The molecule has 0 fully saturated rings. The van der Waals surface area contributed by atoms with Gasteiger partial charge in [0.25, 0.3) is 0 Å². The number of aliphatic imine (C=N–C) groups is 1. The predicted octanol–water partition coefficient (Wildman–Crippen LogP) is 5.35. The second-order valence-corrected chi connectivity index (χ2v) is 6.08. The summed E-state index contributed by atoms with van der Waals surface area (Å²) in [7, 11) is 0. The number of halogens is 1. The highest BCUT2D eigenvalue weighted by molar-refractivity contribution is 6.31. The van der Waals surface area contributed by atoms with E-state index in [0.29, 0.717) is 16.5 Å². The third-order valence-electron chi connectivity index (χ3n) is 4.07. The zero-order valence-corrected chi connectivity index (χ0v) is 15.0. The lowest BCUT2D eigenvalue weighted by molar-refractivity contribution is 0.757. The number of azide groups is 2. The Balaban J connectivity index is 2.10. The van der Waals surface area contributed by atoms with Crippen molar-refractivity contribution >= 4 is 23.1 Å². The summed E-state index contributed by atoms with van der Waals surface area (Å²) < 4.78 is 0. The van der Waals surface area contributed by atoms with Gasteiger partial charge in [0, 0.05) is 44.2 Å². The van der Waals surface area contributed by atoms with Gasteiger partial charge in [0.2, 0.25) is 0 Å². The van der Waals surface area contributed by atoms with E-state index in [4.69, 9.17) is 27.7 Å². The fourth-order valence-electron chi connectivity index (χ4n) is 2.78. The van der Waals surface area contributed by atoms with Crippen molar-refractivity contribution < 1.29 is 0 Å². The molecule has 0 aliphatic carbocycles. The van der Waals surface area contributed by atoms with Crippen molar-refractivity contribution in [3.05, 3.63) is 91.0 Å². The van der Waals surface area contributed by atoms with Crippen LogP contribution in [0.25, 0.3) is 20.9 Å². The molecule has 3 rings (SSSR count). The Morgan fingerprint density at radius 2 is 1.96 bits per heavy atom. The van der Waals surface area contributed by atoms with Gasteiger partial charge in [-0.1, -0.05) is 34.0 Å². The number of hydrogen-bond acceptors (Lipinski definition) is 5. The fraction of sp³-hybridized carbons (Fsp3) is 0.176. The molecule has 9 nitrogen and oxygen atoms in total. The molecule has 1 N–H and O–H groups in total. The molecule has 1 aliphatic rings. The first-order valence-corrected chi connectivity index (χ1v) is 8.32. The average Bonchev–Trinajstić information content (AvgIpc) is 2.68. The molecule has 1 aromatic heterocycles. The second kappa shape index (κ2) is 8.25. The molecule has 1 aromatic carbocycles. The van der Waals surface area contributed by atoms with Gasteiger partial charge in [-0.2, -0.15) is 0 Å². The number of pyridine rings is 1. The first-order valence-electron chi connectivity index (χ1n) is 7.94. The van der Waals surface area contributed by atoms with E-state index in [-0.39, 0.29) is 6.54 Å². The number of benzene rings is 1. The lowest BCUT2D eigenvalue weighted by Crippen LogP contribution is -2.30. The summed E-state index contributed by atoms with van der Waals surface area (Å²) in [5.74, 6) is 0.666. The average molecular weight is 380 g/mol. The van der Waals surface area contributed by atoms with Crippen molar-refractivity contribution in [2.75, 3.05) is 6.54 Å². The Kier molecular flexibility index (Phi) is 5.58. The zero-order valence-electron chi connectivity index (χ0n) is 14.3. The summed E-state index contributed by atoms with van der Waals surface area (Å²) in [6, 6.07) is 8.28. The molecule has 0 radical (unpaired) electrons. The van der Waals surface area contributed by atoms with E-state index in [0.717, 1.165) is 22.4 Å². The van der Waals surface area contributed by atoms with Gasteiger partial charge < -0.3 is 5.32 Å². The molecule has 0 saturated carbocycles. The topological polar surface area (TPSA) is 135 Å². The van der Waals surface area contributed by atoms with E-state index in [9.17, 15) is 0 Å². The quantitative estimate of drug-likeness (QED) is 0.425.